The molecular formula is C7H14N2. The molecule has 1 rings (SSSR count). The fraction of sp³-hybridized carbons (Fsp3) is 0.857. The molecule has 2 nitrogen and oxygen atoms in total. The molecule has 0 aromatic rings. The van der Waals surface area contributed by atoms with E-state index in [9.17, 15) is 0 Å². The SMILES string of the molecule is CC(=N)[C@@H]1CC[C@H](C)N1. The van der Waals surface area contributed by atoms with Crippen molar-refractivity contribution in [2.45, 2.75) is 38.8 Å². The first kappa shape index (κ1) is 6.75. The van der Waals surface area contributed by atoms with Crippen LogP contribution in [0.3, 0.4) is 0 Å². The molecule has 0 saturated carbocycles. The van der Waals surface area contributed by atoms with E-state index in [2.05, 4.69) is 12.2 Å². The average Bonchev–Trinajstić information content (AvgIpc) is 2.14. The zero-order valence-corrected chi connectivity index (χ0v) is 6.07. The summed E-state index contributed by atoms with van der Waals surface area (Å²) in [6.45, 7) is 4.04. The van der Waals surface area contributed by atoms with Crippen molar-refractivity contribution in [2.24, 2.45) is 0 Å². The normalized spacial score (nSPS) is 34.9. The predicted octanol–water partition coefficient (Wildman–Crippen LogP) is 1.17. The zero-order chi connectivity index (χ0) is 6.85. The summed E-state index contributed by atoms with van der Waals surface area (Å²) >= 11 is 0. The van der Waals surface area contributed by atoms with Gasteiger partial charge in [0, 0.05) is 17.8 Å². The Bertz CT molecular complexity index is 120. The van der Waals surface area contributed by atoms with Crippen LogP contribution >= 0.6 is 0 Å². The predicted molar refractivity (Wildman–Crippen MR) is 39.0 cm³/mol. The van der Waals surface area contributed by atoms with E-state index in [4.69, 9.17) is 5.41 Å². The summed E-state index contributed by atoms with van der Waals surface area (Å²) in [6.07, 6.45) is 2.37. The van der Waals surface area contributed by atoms with E-state index in [1.807, 2.05) is 6.92 Å². The molecule has 0 amide bonds. The first-order chi connectivity index (χ1) is 4.20. The van der Waals surface area contributed by atoms with E-state index in [1.54, 1.807) is 0 Å². The molecule has 0 spiro atoms. The van der Waals surface area contributed by atoms with Crippen molar-refractivity contribution in [3.8, 4) is 0 Å². The van der Waals surface area contributed by atoms with Crippen molar-refractivity contribution in [3.05, 3.63) is 0 Å². The average molecular weight is 126 g/mol. The summed E-state index contributed by atoms with van der Waals surface area (Å²) in [7, 11) is 0. The van der Waals surface area contributed by atoms with Crippen molar-refractivity contribution in [2.75, 3.05) is 0 Å². The molecule has 0 aromatic carbocycles. The molecule has 0 unspecified atom stereocenters. The highest BCUT2D eigenvalue weighted by Crippen LogP contribution is 2.11. The third-order valence-corrected chi connectivity index (χ3v) is 1.90. The summed E-state index contributed by atoms with van der Waals surface area (Å²) < 4.78 is 0. The second-order valence-electron chi connectivity index (χ2n) is 2.88. The lowest BCUT2D eigenvalue weighted by Gasteiger charge is -2.08. The van der Waals surface area contributed by atoms with Gasteiger partial charge in [0.2, 0.25) is 0 Å². The fourth-order valence-electron chi connectivity index (χ4n) is 1.27. The zero-order valence-electron chi connectivity index (χ0n) is 6.07. The number of rotatable bonds is 1. The molecule has 1 fully saturated rings. The maximum atomic E-state index is 7.32. The van der Waals surface area contributed by atoms with Crippen LogP contribution in [0.5, 0.6) is 0 Å². The first-order valence-corrected chi connectivity index (χ1v) is 3.51. The van der Waals surface area contributed by atoms with Crippen molar-refractivity contribution in [3.63, 3.8) is 0 Å². The van der Waals surface area contributed by atoms with Crippen LogP contribution in [0.4, 0.5) is 0 Å². The number of hydrogen-bond donors (Lipinski definition) is 2. The highest BCUT2D eigenvalue weighted by Gasteiger charge is 2.20. The lowest BCUT2D eigenvalue weighted by Crippen LogP contribution is -2.32. The van der Waals surface area contributed by atoms with Crippen LogP contribution in [0.2, 0.25) is 0 Å². The van der Waals surface area contributed by atoms with E-state index in [-0.39, 0.29) is 0 Å². The van der Waals surface area contributed by atoms with Crippen molar-refractivity contribution in [1.82, 2.24) is 5.32 Å². The van der Waals surface area contributed by atoms with E-state index in [1.165, 1.54) is 6.42 Å². The van der Waals surface area contributed by atoms with Gasteiger partial charge in [-0.25, -0.2) is 0 Å². The molecule has 0 aromatic heterocycles. The van der Waals surface area contributed by atoms with Gasteiger partial charge in [-0.3, -0.25) is 0 Å². The molecule has 1 aliphatic heterocycles. The van der Waals surface area contributed by atoms with Gasteiger partial charge in [0.1, 0.15) is 0 Å². The van der Waals surface area contributed by atoms with Gasteiger partial charge in [-0.05, 0) is 26.7 Å². The molecule has 52 valence electrons. The summed E-state index contributed by atoms with van der Waals surface area (Å²) in [4.78, 5) is 0. The quantitative estimate of drug-likeness (QED) is 0.508. The third kappa shape index (κ3) is 1.52. The van der Waals surface area contributed by atoms with Gasteiger partial charge in [-0.15, -0.1) is 0 Å². The first-order valence-electron chi connectivity index (χ1n) is 3.51. The molecule has 0 radical (unpaired) electrons. The molecular weight excluding hydrogens is 112 g/mol. The van der Waals surface area contributed by atoms with E-state index >= 15 is 0 Å². The summed E-state index contributed by atoms with van der Waals surface area (Å²) in [6, 6.07) is 0.996. The van der Waals surface area contributed by atoms with Crippen molar-refractivity contribution in [1.29, 1.82) is 5.41 Å². The van der Waals surface area contributed by atoms with Crippen LogP contribution in [-0.2, 0) is 0 Å². The van der Waals surface area contributed by atoms with Crippen LogP contribution in [0.15, 0.2) is 0 Å². The number of hydrogen-bond acceptors (Lipinski definition) is 2. The van der Waals surface area contributed by atoms with Gasteiger partial charge >= 0.3 is 0 Å². The Morgan fingerprint density at radius 1 is 1.56 bits per heavy atom. The fourth-order valence-corrected chi connectivity index (χ4v) is 1.27. The standard InChI is InChI=1S/C7H14N2/c1-5-3-4-7(9-5)6(2)8/h5,7-9H,3-4H2,1-2H3/t5-,7-/m0/s1. The molecule has 2 N–H and O–H groups in total. The summed E-state index contributed by atoms with van der Waals surface area (Å²) in [5.74, 6) is 0. The topological polar surface area (TPSA) is 35.9 Å². The smallest absolute Gasteiger partial charge is 0.0447 e. The molecule has 1 aliphatic rings. The Morgan fingerprint density at radius 3 is 2.44 bits per heavy atom. The lowest BCUT2D eigenvalue weighted by atomic mass is 10.1. The molecule has 0 bridgehead atoms. The second kappa shape index (κ2) is 2.48. The Hall–Kier alpha value is -0.370. The highest BCUT2D eigenvalue weighted by atomic mass is 15.0. The van der Waals surface area contributed by atoms with Gasteiger partial charge in [0.15, 0.2) is 0 Å². The minimum absolute atomic E-state index is 0.375. The summed E-state index contributed by atoms with van der Waals surface area (Å²) in [5, 5.41) is 10.6. The highest BCUT2D eigenvalue weighted by molar-refractivity contribution is 5.84. The number of nitrogens with one attached hydrogen (secondary N) is 2. The Morgan fingerprint density at radius 2 is 2.22 bits per heavy atom. The van der Waals surface area contributed by atoms with Crippen molar-refractivity contribution >= 4 is 5.71 Å². The van der Waals surface area contributed by atoms with E-state index in [0.29, 0.717) is 12.1 Å². The Labute approximate surface area is 56.2 Å². The minimum Gasteiger partial charge on any atom is -0.308 e. The Kier molecular flexibility index (Phi) is 1.86. The second-order valence-corrected chi connectivity index (χ2v) is 2.88. The third-order valence-electron chi connectivity index (χ3n) is 1.90. The molecule has 0 aliphatic carbocycles. The van der Waals surface area contributed by atoms with Crippen LogP contribution in [0, 0.1) is 5.41 Å². The summed E-state index contributed by atoms with van der Waals surface area (Å²) in [5.41, 5.74) is 0.777. The molecule has 2 atom stereocenters. The van der Waals surface area contributed by atoms with Gasteiger partial charge in [-0.2, -0.15) is 0 Å². The molecule has 1 heterocycles. The van der Waals surface area contributed by atoms with E-state index < -0.39 is 0 Å². The van der Waals surface area contributed by atoms with Crippen LogP contribution in [0.25, 0.3) is 0 Å². The van der Waals surface area contributed by atoms with Gasteiger partial charge in [-0.1, -0.05) is 0 Å². The van der Waals surface area contributed by atoms with Crippen LogP contribution in [0.1, 0.15) is 26.7 Å². The van der Waals surface area contributed by atoms with Crippen LogP contribution in [-0.4, -0.2) is 17.8 Å². The molecule has 2 heteroatoms. The van der Waals surface area contributed by atoms with E-state index in [0.717, 1.165) is 12.1 Å². The van der Waals surface area contributed by atoms with Crippen LogP contribution < -0.4 is 5.32 Å². The molecule has 9 heavy (non-hydrogen) atoms. The van der Waals surface area contributed by atoms with Gasteiger partial charge in [0.05, 0.1) is 0 Å². The Balaban J connectivity index is 2.39. The monoisotopic (exact) mass is 126 g/mol. The maximum Gasteiger partial charge on any atom is 0.0447 e. The molecule has 1 saturated heterocycles. The van der Waals surface area contributed by atoms with Gasteiger partial charge < -0.3 is 10.7 Å². The van der Waals surface area contributed by atoms with Gasteiger partial charge in [0.25, 0.3) is 0 Å². The minimum atomic E-state index is 0.375. The largest absolute Gasteiger partial charge is 0.308 e. The van der Waals surface area contributed by atoms with Crippen molar-refractivity contribution < 1.29 is 0 Å². The lowest BCUT2D eigenvalue weighted by molar-refractivity contribution is 0.638. The maximum absolute atomic E-state index is 7.32.